The molecule has 0 aliphatic rings. The van der Waals surface area contributed by atoms with Gasteiger partial charge in [-0.05, 0) is 20.8 Å². The highest BCUT2D eigenvalue weighted by Crippen LogP contribution is 2.06. The van der Waals surface area contributed by atoms with Crippen molar-refractivity contribution in [2.75, 3.05) is 5.73 Å². The summed E-state index contributed by atoms with van der Waals surface area (Å²) in [4.78, 5) is 11.2. The molecular formula is C9H15N3O2. The van der Waals surface area contributed by atoms with Gasteiger partial charge in [-0.2, -0.15) is 5.10 Å². The Bertz CT molecular complexity index is 311. The molecule has 1 heterocycles. The van der Waals surface area contributed by atoms with Gasteiger partial charge in [-0.3, -0.25) is 9.48 Å². The Hall–Kier alpha value is -1.52. The Morgan fingerprint density at radius 2 is 2.36 bits per heavy atom. The van der Waals surface area contributed by atoms with Crippen LogP contribution in [-0.4, -0.2) is 21.9 Å². The molecule has 0 aliphatic heterocycles. The first-order chi connectivity index (χ1) is 6.49. The van der Waals surface area contributed by atoms with Crippen molar-refractivity contribution in [2.24, 2.45) is 0 Å². The summed E-state index contributed by atoms with van der Waals surface area (Å²) in [5.41, 5.74) is 6.40. The van der Waals surface area contributed by atoms with Crippen molar-refractivity contribution in [3.63, 3.8) is 0 Å². The molecule has 0 fully saturated rings. The summed E-state index contributed by atoms with van der Waals surface area (Å²) in [6.45, 7) is 5.56. The normalized spacial score (nSPS) is 10.6. The van der Waals surface area contributed by atoms with E-state index in [2.05, 4.69) is 5.10 Å². The van der Waals surface area contributed by atoms with Crippen LogP contribution >= 0.6 is 0 Å². The molecule has 14 heavy (non-hydrogen) atoms. The number of carbonyl (C=O) groups is 1. The number of nitrogens with zero attached hydrogens (tertiary/aromatic N) is 2. The number of hydrogen-bond donors (Lipinski definition) is 1. The molecule has 0 aliphatic carbocycles. The second kappa shape index (κ2) is 4.13. The van der Waals surface area contributed by atoms with E-state index in [0.29, 0.717) is 5.82 Å². The minimum absolute atomic E-state index is 0.100. The summed E-state index contributed by atoms with van der Waals surface area (Å²) >= 11 is 0. The van der Waals surface area contributed by atoms with Crippen molar-refractivity contribution in [1.82, 2.24) is 9.78 Å². The van der Waals surface area contributed by atoms with Gasteiger partial charge in [0.25, 0.3) is 0 Å². The largest absolute Gasteiger partial charge is 0.462 e. The van der Waals surface area contributed by atoms with E-state index < -0.39 is 0 Å². The molecule has 1 aromatic heterocycles. The molecule has 0 saturated carbocycles. The highest BCUT2D eigenvalue weighted by atomic mass is 16.5. The third kappa shape index (κ3) is 2.76. The molecule has 5 nitrogen and oxygen atoms in total. The van der Waals surface area contributed by atoms with Gasteiger partial charge in [0.1, 0.15) is 12.4 Å². The van der Waals surface area contributed by atoms with Gasteiger partial charge >= 0.3 is 5.97 Å². The lowest BCUT2D eigenvalue weighted by Gasteiger charge is -2.07. The highest BCUT2D eigenvalue weighted by Gasteiger charge is 2.08. The zero-order chi connectivity index (χ0) is 10.7. The summed E-state index contributed by atoms with van der Waals surface area (Å²) in [5, 5.41) is 3.95. The number of aromatic nitrogens is 2. The average molecular weight is 197 g/mol. The molecule has 5 heteroatoms. The molecular weight excluding hydrogens is 182 g/mol. The molecule has 0 saturated heterocycles. The average Bonchev–Trinajstić information content (AvgIpc) is 2.28. The molecule has 0 atom stereocenters. The van der Waals surface area contributed by atoms with Crippen LogP contribution in [0.15, 0.2) is 6.20 Å². The van der Waals surface area contributed by atoms with Gasteiger partial charge in [0.15, 0.2) is 0 Å². The maximum absolute atomic E-state index is 11.2. The number of rotatable bonds is 3. The topological polar surface area (TPSA) is 70.1 Å². The zero-order valence-electron chi connectivity index (χ0n) is 8.65. The number of anilines is 1. The van der Waals surface area contributed by atoms with E-state index in [9.17, 15) is 4.79 Å². The molecule has 1 rings (SSSR count). The highest BCUT2D eigenvalue weighted by molar-refractivity contribution is 5.69. The molecule has 0 unspecified atom stereocenters. The molecule has 0 aromatic carbocycles. The molecule has 0 amide bonds. The van der Waals surface area contributed by atoms with Crippen LogP contribution in [0.3, 0.4) is 0 Å². The fourth-order valence-corrected chi connectivity index (χ4v) is 1.05. The number of nitrogens with two attached hydrogens (primary N) is 1. The lowest BCUT2D eigenvalue weighted by molar-refractivity contribution is -0.148. The number of hydrogen-bond acceptors (Lipinski definition) is 4. The van der Waals surface area contributed by atoms with E-state index in [1.165, 1.54) is 4.68 Å². The van der Waals surface area contributed by atoms with Gasteiger partial charge in [-0.25, -0.2) is 0 Å². The van der Waals surface area contributed by atoms with Crippen molar-refractivity contribution in [3.8, 4) is 0 Å². The van der Waals surface area contributed by atoms with Crippen molar-refractivity contribution >= 4 is 11.8 Å². The van der Waals surface area contributed by atoms with Crippen LogP contribution in [0, 0.1) is 6.92 Å². The summed E-state index contributed by atoms with van der Waals surface area (Å²) in [6.07, 6.45) is 1.62. The molecule has 0 bridgehead atoms. The molecule has 1 aromatic rings. The Balaban J connectivity index is 2.56. The number of aryl methyl sites for hydroxylation is 1. The first-order valence-electron chi connectivity index (χ1n) is 4.48. The summed E-state index contributed by atoms with van der Waals surface area (Å²) in [5.74, 6) is 0.143. The van der Waals surface area contributed by atoms with Gasteiger partial charge < -0.3 is 10.5 Å². The summed E-state index contributed by atoms with van der Waals surface area (Å²) in [6, 6.07) is 0. The lowest BCUT2D eigenvalue weighted by atomic mass is 10.4. The lowest BCUT2D eigenvalue weighted by Crippen LogP contribution is -2.17. The Kier molecular flexibility index (Phi) is 3.11. The second-order valence-electron chi connectivity index (χ2n) is 3.43. The van der Waals surface area contributed by atoms with E-state index in [1.807, 2.05) is 6.92 Å². The van der Waals surface area contributed by atoms with E-state index in [1.54, 1.807) is 20.0 Å². The summed E-state index contributed by atoms with van der Waals surface area (Å²) < 4.78 is 6.44. The standard InChI is InChI=1S/C9H15N3O2/c1-6(2)14-8(13)5-12-4-7(3)9(10)11-12/h4,6H,5H2,1-3H3,(H2,10,11). The summed E-state index contributed by atoms with van der Waals surface area (Å²) in [7, 11) is 0. The Morgan fingerprint density at radius 3 is 2.79 bits per heavy atom. The van der Waals surface area contributed by atoms with Gasteiger partial charge in [0.2, 0.25) is 0 Å². The maximum atomic E-state index is 11.2. The predicted octanol–water partition coefficient (Wildman–Crippen LogP) is 0.725. The van der Waals surface area contributed by atoms with Crippen LogP contribution in [0.5, 0.6) is 0 Å². The van der Waals surface area contributed by atoms with Crippen LogP contribution in [0.1, 0.15) is 19.4 Å². The second-order valence-corrected chi connectivity index (χ2v) is 3.43. The smallest absolute Gasteiger partial charge is 0.328 e. The third-order valence-electron chi connectivity index (χ3n) is 1.64. The minimum Gasteiger partial charge on any atom is -0.462 e. The van der Waals surface area contributed by atoms with E-state index in [0.717, 1.165) is 5.56 Å². The van der Waals surface area contributed by atoms with E-state index in [-0.39, 0.29) is 18.6 Å². The first-order valence-corrected chi connectivity index (χ1v) is 4.48. The van der Waals surface area contributed by atoms with Crippen LogP contribution < -0.4 is 5.73 Å². The molecule has 0 spiro atoms. The van der Waals surface area contributed by atoms with Crippen LogP contribution in [-0.2, 0) is 16.1 Å². The van der Waals surface area contributed by atoms with Crippen LogP contribution in [0.2, 0.25) is 0 Å². The first kappa shape index (κ1) is 10.6. The monoisotopic (exact) mass is 197 g/mol. The number of nitrogen functional groups attached to an aromatic ring is 1. The molecule has 0 radical (unpaired) electrons. The van der Waals surface area contributed by atoms with Crippen molar-refractivity contribution in [1.29, 1.82) is 0 Å². The minimum atomic E-state index is -0.303. The zero-order valence-corrected chi connectivity index (χ0v) is 8.65. The number of esters is 1. The van der Waals surface area contributed by atoms with Gasteiger partial charge in [0, 0.05) is 11.8 Å². The molecule has 2 N–H and O–H groups in total. The Labute approximate surface area is 82.8 Å². The fraction of sp³-hybridized carbons (Fsp3) is 0.556. The van der Waals surface area contributed by atoms with E-state index in [4.69, 9.17) is 10.5 Å². The number of carbonyl (C=O) groups excluding carboxylic acids is 1. The quantitative estimate of drug-likeness (QED) is 0.725. The van der Waals surface area contributed by atoms with Crippen LogP contribution in [0.25, 0.3) is 0 Å². The maximum Gasteiger partial charge on any atom is 0.328 e. The number of ether oxygens (including phenoxy) is 1. The fourth-order valence-electron chi connectivity index (χ4n) is 1.05. The SMILES string of the molecule is Cc1cn(CC(=O)OC(C)C)nc1N. The van der Waals surface area contributed by atoms with Crippen molar-refractivity contribution in [2.45, 2.75) is 33.4 Å². The third-order valence-corrected chi connectivity index (χ3v) is 1.64. The Morgan fingerprint density at radius 1 is 1.71 bits per heavy atom. The van der Waals surface area contributed by atoms with Gasteiger partial charge in [-0.15, -0.1) is 0 Å². The van der Waals surface area contributed by atoms with Crippen molar-refractivity contribution < 1.29 is 9.53 Å². The van der Waals surface area contributed by atoms with Gasteiger partial charge in [-0.1, -0.05) is 0 Å². The molecule has 78 valence electrons. The van der Waals surface area contributed by atoms with Crippen molar-refractivity contribution in [3.05, 3.63) is 11.8 Å². The van der Waals surface area contributed by atoms with E-state index >= 15 is 0 Å². The van der Waals surface area contributed by atoms with Crippen LogP contribution in [0.4, 0.5) is 5.82 Å². The predicted molar refractivity (Wildman–Crippen MR) is 52.6 cm³/mol. The van der Waals surface area contributed by atoms with Gasteiger partial charge in [0.05, 0.1) is 6.10 Å².